The van der Waals surface area contributed by atoms with Gasteiger partial charge in [-0.3, -0.25) is 4.99 Å². The first-order valence-corrected chi connectivity index (χ1v) is 9.89. The summed E-state index contributed by atoms with van der Waals surface area (Å²) in [6.07, 6.45) is 2.00. The molecule has 1 rings (SSSR count). The van der Waals surface area contributed by atoms with Crippen LogP contribution in [0.3, 0.4) is 0 Å². The van der Waals surface area contributed by atoms with Crippen molar-refractivity contribution in [3.63, 3.8) is 0 Å². The van der Waals surface area contributed by atoms with Gasteiger partial charge in [-0.15, -0.1) is 24.0 Å². The van der Waals surface area contributed by atoms with Crippen molar-refractivity contribution in [3.8, 4) is 0 Å². The van der Waals surface area contributed by atoms with Gasteiger partial charge >= 0.3 is 0 Å². The predicted octanol–water partition coefficient (Wildman–Crippen LogP) is 2.08. The molecule has 0 heterocycles. The number of guanidine groups is 1. The summed E-state index contributed by atoms with van der Waals surface area (Å²) in [5, 5.41) is 6.19. The van der Waals surface area contributed by atoms with Gasteiger partial charge in [0.15, 0.2) is 15.8 Å². The zero-order valence-electron chi connectivity index (χ0n) is 14.8. The number of sulfone groups is 1. The highest BCUT2D eigenvalue weighted by Gasteiger charge is 2.11. The van der Waals surface area contributed by atoms with Crippen molar-refractivity contribution in [2.75, 3.05) is 33.1 Å². The number of nitrogens with one attached hydrogen (secondary N) is 2. The first kappa shape index (κ1) is 24.1. The number of benzene rings is 1. The number of halogens is 2. The fourth-order valence-corrected chi connectivity index (χ4v) is 2.95. The summed E-state index contributed by atoms with van der Waals surface area (Å²) in [5.41, 5.74) is 1.18. The minimum absolute atomic E-state index is 0. The maximum Gasteiger partial charge on any atom is 0.191 e. The van der Waals surface area contributed by atoms with Crippen molar-refractivity contribution in [2.24, 2.45) is 4.99 Å². The lowest BCUT2D eigenvalue weighted by Crippen LogP contribution is -2.37. The van der Waals surface area contributed by atoms with Gasteiger partial charge in [-0.05, 0) is 36.6 Å². The summed E-state index contributed by atoms with van der Waals surface area (Å²) in [6.45, 7) is 4.28. The van der Waals surface area contributed by atoms with E-state index in [2.05, 4.69) is 15.6 Å². The number of nitrogens with zero attached hydrogens (tertiary/aromatic N) is 1. The first-order valence-electron chi connectivity index (χ1n) is 7.83. The number of ether oxygens (including phenoxy) is 1. The van der Waals surface area contributed by atoms with Crippen LogP contribution in [0.1, 0.15) is 24.5 Å². The average molecular weight is 487 g/mol. The summed E-state index contributed by atoms with van der Waals surface area (Å²) in [7, 11) is -1.55. The lowest BCUT2D eigenvalue weighted by molar-refractivity contribution is 0.145. The first-order chi connectivity index (χ1) is 11.4. The van der Waals surface area contributed by atoms with Gasteiger partial charge < -0.3 is 15.4 Å². The molecule has 0 aliphatic rings. The molecular formula is C16H27FIN3O3S. The summed E-state index contributed by atoms with van der Waals surface area (Å²) in [5.74, 6) is 0.0507. The summed E-state index contributed by atoms with van der Waals surface area (Å²) in [6, 6.07) is 4.12. The molecule has 0 saturated heterocycles. The zero-order valence-corrected chi connectivity index (χ0v) is 18.0. The van der Waals surface area contributed by atoms with E-state index < -0.39 is 15.7 Å². The highest BCUT2D eigenvalue weighted by molar-refractivity contribution is 14.0. The van der Waals surface area contributed by atoms with E-state index >= 15 is 0 Å². The van der Waals surface area contributed by atoms with Crippen molar-refractivity contribution in [1.29, 1.82) is 0 Å². The van der Waals surface area contributed by atoms with E-state index in [-0.39, 0.29) is 36.3 Å². The molecule has 0 saturated carbocycles. The van der Waals surface area contributed by atoms with E-state index in [1.54, 1.807) is 7.05 Å². The van der Waals surface area contributed by atoms with Crippen molar-refractivity contribution in [3.05, 3.63) is 35.1 Å². The molecule has 0 aromatic heterocycles. The third-order valence-corrected chi connectivity index (χ3v) is 4.05. The van der Waals surface area contributed by atoms with E-state index in [4.69, 9.17) is 4.74 Å². The molecule has 0 spiro atoms. The fraction of sp³-hybridized carbons (Fsp3) is 0.562. The Hall–Kier alpha value is -0.940. The minimum Gasteiger partial charge on any atom is -0.382 e. The van der Waals surface area contributed by atoms with Crippen LogP contribution in [0.25, 0.3) is 0 Å². The van der Waals surface area contributed by atoms with Crippen molar-refractivity contribution < 1.29 is 17.5 Å². The molecule has 9 heteroatoms. The number of rotatable bonds is 9. The Morgan fingerprint density at radius 1 is 1.28 bits per heavy atom. The van der Waals surface area contributed by atoms with E-state index in [0.717, 1.165) is 12.7 Å². The lowest BCUT2D eigenvalue weighted by Gasteiger charge is -2.14. The van der Waals surface area contributed by atoms with Crippen LogP contribution >= 0.6 is 24.0 Å². The van der Waals surface area contributed by atoms with E-state index in [1.165, 1.54) is 18.2 Å². The van der Waals surface area contributed by atoms with Gasteiger partial charge in [-0.25, -0.2) is 12.8 Å². The van der Waals surface area contributed by atoms with Gasteiger partial charge in [0, 0.05) is 39.6 Å². The largest absolute Gasteiger partial charge is 0.382 e. The molecule has 0 unspecified atom stereocenters. The molecular weight excluding hydrogens is 460 g/mol. The molecule has 144 valence electrons. The second kappa shape index (κ2) is 12.4. The quantitative estimate of drug-likeness (QED) is 0.241. The van der Waals surface area contributed by atoms with Crippen molar-refractivity contribution in [1.82, 2.24) is 10.6 Å². The van der Waals surface area contributed by atoms with Gasteiger partial charge in [-0.2, -0.15) is 0 Å². The maximum atomic E-state index is 13.5. The van der Waals surface area contributed by atoms with Crippen LogP contribution in [0.5, 0.6) is 0 Å². The third kappa shape index (κ3) is 10.6. The average Bonchev–Trinajstić information content (AvgIpc) is 2.51. The molecule has 0 fully saturated rings. The van der Waals surface area contributed by atoms with E-state index in [9.17, 15) is 12.8 Å². The van der Waals surface area contributed by atoms with Crippen molar-refractivity contribution >= 4 is 39.8 Å². The second-order valence-corrected chi connectivity index (χ2v) is 7.53. The molecule has 0 bridgehead atoms. The zero-order chi connectivity index (χ0) is 18.0. The molecule has 0 aliphatic carbocycles. The lowest BCUT2D eigenvalue weighted by atomic mass is 10.1. The number of hydrogen-bond donors (Lipinski definition) is 2. The summed E-state index contributed by atoms with van der Waals surface area (Å²) >= 11 is 0. The van der Waals surface area contributed by atoms with Gasteiger partial charge in [0.1, 0.15) is 5.82 Å². The Morgan fingerprint density at radius 3 is 2.60 bits per heavy atom. The fourth-order valence-electron chi connectivity index (χ4n) is 2.11. The van der Waals surface area contributed by atoms with Crippen LogP contribution in [-0.4, -0.2) is 47.4 Å². The van der Waals surface area contributed by atoms with E-state index in [0.29, 0.717) is 36.8 Å². The minimum atomic E-state index is -3.19. The third-order valence-electron chi connectivity index (χ3n) is 3.22. The molecule has 0 radical (unpaired) electrons. The smallest absolute Gasteiger partial charge is 0.191 e. The Labute approximate surface area is 166 Å². The number of aliphatic imine (C=N–C) groups is 1. The van der Waals surface area contributed by atoms with E-state index in [1.807, 2.05) is 6.92 Å². The molecule has 0 amide bonds. The number of hydrogen-bond acceptors (Lipinski definition) is 4. The Bertz CT molecular complexity index is 654. The summed E-state index contributed by atoms with van der Waals surface area (Å²) in [4.78, 5) is 4.09. The molecule has 6 nitrogen and oxygen atoms in total. The molecule has 25 heavy (non-hydrogen) atoms. The molecule has 0 aliphatic heterocycles. The van der Waals surface area contributed by atoms with Gasteiger partial charge in [0.2, 0.25) is 0 Å². The molecule has 1 aromatic rings. The monoisotopic (exact) mass is 487 g/mol. The highest BCUT2D eigenvalue weighted by atomic mass is 127. The Balaban J connectivity index is 0.00000576. The van der Waals surface area contributed by atoms with Gasteiger partial charge in [0.25, 0.3) is 0 Å². The normalized spacial score (nSPS) is 11.8. The van der Waals surface area contributed by atoms with Crippen LogP contribution < -0.4 is 10.6 Å². The molecule has 0 atom stereocenters. The highest BCUT2D eigenvalue weighted by Crippen LogP contribution is 2.14. The van der Waals surface area contributed by atoms with Crippen molar-refractivity contribution in [2.45, 2.75) is 25.6 Å². The van der Waals surface area contributed by atoms with Crippen LogP contribution in [0.15, 0.2) is 23.2 Å². The topological polar surface area (TPSA) is 79.8 Å². The van der Waals surface area contributed by atoms with Crippen LogP contribution in [-0.2, 0) is 26.9 Å². The predicted molar refractivity (Wildman–Crippen MR) is 110 cm³/mol. The van der Waals surface area contributed by atoms with Crippen LogP contribution in [0, 0.1) is 5.82 Å². The Morgan fingerprint density at radius 2 is 2.00 bits per heavy atom. The standard InChI is InChI=1S/C16H26FN3O3S.HI/c1-4-23-9-5-8-19-16(18-2)20-11-14-10-15(17)7-6-13(14)12-24(3,21)22;/h6-7,10H,4-5,8-9,11-12H2,1-3H3,(H2,18,19,20);1H. The molecule has 1 aromatic carbocycles. The van der Waals surface area contributed by atoms with Crippen LogP contribution in [0.4, 0.5) is 4.39 Å². The van der Waals surface area contributed by atoms with Gasteiger partial charge in [-0.1, -0.05) is 6.07 Å². The Kier molecular flexibility index (Phi) is 12.0. The van der Waals surface area contributed by atoms with Gasteiger partial charge in [0.05, 0.1) is 5.75 Å². The summed E-state index contributed by atoms with van der Waals surface area (Å²) < 4.78 is 41.7. The SMILES string of the molecule is CCOCCCNC(=NC)NCc1cc(F)ccc1CS(C)(=O)=O.I. The maximum absolute atomic E-state index is 13.5. The van der Waals surface area contributed by atoms with Crippen LogP contribution in [0.2, 0.25) is 0 Å². The molecule has 2 N–H and O–H groups in total. The second-order valence-electron chi connectivity index (χ2n) is 5.39.